The smallest absolute Gasteiger partial charge is 0.225 e. The Morgan fingerprint density at radius 2 is 1.68 bits per heavy atom. The van der Waals surface area contributed by atoms with Crippen molar-refractivity contribution in [2.75, 3.05) is 56.2 Å². The summed E-state index contributed by atoms with van der Waals surface area (Å²) in [7, 11) is 1.69. The van der Waals surface area contributed by atoms with Gasteiger partial charge in [0.1, 0.15) is 5.75 Å². The fraction of sp³-hybridized carbons (Fsp3) is 0.476. The van der Waals surface area contributed by atoms with E-state index in [0.717, 1.165) is 69.5 Å². The molecule has 1 aromatic carbocycles. The predicted octanol–water partition coefficient (Wildman–Crippen LogP) is 2.05. The van der Waals surface area contributed by atoms with Crippen LogP contribution in [-0.2, 0) is 4.79 Å². The van der Waals surface area contributed by atoms with Crippen LogP contribution in [-0.4, -0.2) is 67.2 Å². The van der Waals surface area contributed by atoms with Crippen LogP contribution in [0.2, 0.25) is 0 Å². The minimum atomic E-state index is 0.114. The molecule has 2 aromatic rings. The summed E-state index contributed by atoms with van der Waals surface area (Å²) in [5.41, 5.74) is 1.16. The molecule has 1 aromatic heterocycles. The molecule has 0 spiro atoms. The first-order valence-electron chi connectivity index (χ1n) is 9.94. The molecule has 0 unspecified atom stereocenters. The van der Waals surface area contributed by atoms with Crippen LogP contribution in [0, 0.1) is 5.92 Å². The summed E-state index contributed by atoms with van der Waals surface area (Å²) in [5, 5.41) is 0. The van der Waals surface area contributed by atoms with Gasteiger partial charge in [-0.3, -0.25) is 4.79 Å². The summed E-state index contributed by atoms with van der Waals surface area (Å²) >= 11 is 0. The Hall–Kier alpha value is -2.83. The van der Waals surface area contributed by atoms with Crippen molar-refractivity contribution in [3.63, 3.8) is 0 Å². The third-order valence-electron chi connectivity index (χ3n) is 5.69. The Morgan fingerprint density at radius 1 is 0.964 bits per heavy atom. The molecular weight excluding hydrogens is 354 g/mol. The van der Waals surface area contributed by atoms with Crippen LogP contribution in [0.3, 0.4) is 0 Å². The van der Waals surface area contributed by atoms with Gasteiger partial charge in [0.15, 0.2) is 0 Å². The Balaban J connectivity index is 1.28. The molecular formula is C21H27N5O2. The van der Waals surface area contributed by atoms with Crippen LogP contribution in [0.25, 0.3) is 0 Å². The number of carbonyl (C=O) groups excluding carboxylic acids is 1. The van der Waals surface area contributed by atoms with Gasteiger partial charge < -0.3 is 19.4 Å². The standard InChI is InChI=1S/C21H27N5O2/c1-28-19-5-2-4-18(16-19)24-12-14-25(15-13-24)20(27)17-6-10-26(11-7-17)21-22-8-3-9-23-21/h2-5,8-9,16-17H,6-7,10-15H2,1H3. The second-order valence-corrected chi connectivity index (χ2v) is 7.32. The number of amides is 1. The van der Waals surface area contributed by atoms with E-state index in [-0.39, 0.29) is 5.92 Å². The maximum Gasteiger partial charge on any atom is 0.225 e. The van der Waals surface area contributed by atoms with Crippen LogP contribution in [0.5, 0.6) is 5.75 Å². The molecule has 2 fully saturated rings. The first-order valence-corrected chi connectivity index (χ1v) is 9.94. The van der Waals surface area contributed by atoms with Crippen LogP contribution < -0.4 is 14.5 Å². The maximum atomic E-state index is 13.0. The number of hydrogen-bond donors (Lipinski definition) is 0. The van der Waals surface area contributed by atoms with E-state index in [1.165, 1.54) is 0 Å². The van der Waals surface area contributed by atoms with E-state index in [9.17, 15) is 4.79 Å². The van der Waals surface area contributed by atoms with Crippen LogP contribution in [0.15, 0.2) is 42.7 Å². The third-order valence-corrected chi connectivity index (χ3v) is 5.69. The van der Waals surface area contributed by atoms with Crippen molar-refractivity contribution >= 4 is 17.5 Å². The number of methoxy groups -OCH3 is 1. The molecule has 0 aliphatic carbocycles. The highest BCUT2D eigenvalue weighted by molar-refractivity contribution is 5.79. The van der Waals surface area contributed by atoms with Gasteiger partial charge in [0, 0.05) is 69.3 Å². The van der Waals surface area contributed by atoms with E-state index >= 15 is 0 Å². The van der Waals surface area contributed by atoms with Crippen LogP contribution in [0.4, 0.5) is 11.6 Å². The molecule has 0 saturated carbocycles. The van der Waals surface area contributed by atoms with E-state index in [1.54, 1.807) is 19.5 Å². The third kappa shape index (κ3) is 4.03. The minimum absolute atomic E-state index is 0.114. The lowest BCUT2D eigenvalue weighted by atomic mass is 9.95. The zero-order valence-electron chi connectivity index (χ0n) is 16.3. The van der Waals surface area contributed by atoms with Crippen molar-refractivity contribution in [1.82, 2.24) is 14.9 Å². The minimum Gasteiger partial charge on any atom is -0.497 e. The number of hydrogen-bond acceptors (Lipinski definition) is 6. The van der Waals surface area contributed by atoms with Crippen molar-refractivity contribution in [2.24, 2.45) is 5.92 Å². The molecule has 2 aliphatic heterocycles. The molecule has 0 radical (unpaired) electrons. The lowest BCUT2D eigenvalue weighted by Crippen LogP contribution is -2.51. The molecule has 0 atom stereocenters. The van der Waals surface area contributed by atoms with Crippen molar-refractivity contribution in [3.05, 3.63) is 42.7 Å². The zero-order chi connectivity index (χ0) is 19.3. The van der Waals surface area contributed by atoms with Gasteiger partial charge >= 0.3 is 0 Å². The Kier molecular flexibility index (Phi) is 5.60. The summed E-state index contributed by atoms with van der Waals surface area (Å²) in [6, 6.07) is 9.94. The molecule has 3 heterocycles. The summed E-state index contributed by atoms with van der Waals surface area (Å²) < 4.78 is 5.32. The Morgan fingerprint density at radius 3 is 2.36 bits per heavy atom. The summed E-state index contributed by atoms with van der Waals surface area (Å²) in [5.74, 6) is 2.05. The largest absolute Gasteiger partial charge is 0.497 e. The lowest BCUT2D eigenvalue weighted by molar-refractivity contribution is -0.136. The second-order valence-electron chi connectivity index (χ2n) is 7.32. The molecule has 2 saturated heterocycles. The summed E-state index contributed by atoms with van der Waals surface area (Å²) in [6.45, 7) is 4.94. The number of piperidine rings is 1. The number of nitrogens with zero attached hydrogens (tertiary/aromatic N) is 5. The highest BCUT2D eigenvalue weighted by Gasteiger charge is 2.31. The van der Waals surface area contributed by atoms with Gasteiger partial charge in [0.25, 0.3) is 0 Å². The highest BCUT2D eigenvalue weighted by atomic mass is 16.5. The molecule has 1 amide bonds. The fourth-order valence-electron chi connectivity index (χ4n) is 4.03. The normalized spacial score (nSPS) is 18.2. The van der Waals surface area contributed by atoms with E-state index in [4.69, 9.17) is 4.74 Å². The van der Waals surface area contributed by atoms with Gasteiger partial charge in [0.2, 0.25) is 11.9 Å². The number of piperazine rings is 1. The van der Waals surface area contributed by atoms with Crippen LogP contribution >= 0.6 is 0 Å². The van der Waals surface area contributed by atoms with Crippen molar-refractivity contribution in [1.29, 1.82) is 0 Å². The SMILES string of the molecule is COc1cccc(N2CCN(C(=O)C3CCN(c4ncccn4)CC3)CC2)c1. The van der Waals surface area contributed by atoms with Gasteiger partial charge in [-0.2, -0.15) is 0 Å². The maximum absolute atomic E-state index is 13.0. The average Bonchev–Trinajstić information content (AvgIpc) is 2.79. The van der Waals surface area contributed by atoms with Gasteiger partial charge in [0.05, 0.1) is 7.11 Å². The fourth-order valence-corrected chi connectivity index (χ4v) is 4.03. The topological polar surface area (TPSA) is 61.8 Å². The summed E-state index contributed by atoms with van der Waals surface area (Å²) in [6.07, 6.45) is 5.27. The first kappa shape index (κ1) is 18.5. The van der Waals surface area contributed by atoms with E-state index in [0.29, 0.717) is 5.91 Å². The zero-order valence-corrected chi connectivity index (χ0v) is 16.3. The molecule has 28 heavy (non-hydrogen) atoms. The molecule has 7 heteroatoms. The van der Waals surface area contributed by atoms with Crippen molar-refractivity contribution in [3.8, 4) is 5.75 Å². The molecule has 4 rings (SSSR count). The number of ether oxygens (including phenoxy) is 1. The first-order chi connectivity index (χ1) is 13.7. The monoisotopic (exact) mass is 381 g/mol. The van der Waals surface area contributed by atoms with E-state index < -0.39 is 0 Å². The van der Waals surface area contributed by atoms with Gasteiger partial charge in [-0.05, 0) is 31.0 Å². The predicted molar refractivity (Wildman–Crippen MR) is 109 cm³/mol. The molecule has 7 nitrogen and oxygen atoms in total. The van der Waals surface area contributed by atoms with Crippen molar-refractivity contribution < 1.29 is 9.53 Å². The van der Waals surface area contributed by atoms with Crippen molar-refractivity contribution in [2.45, 2.75) is 12.8 Å². The van der Waals surface area contributed by atoms with E-state index in [1.807, 2.05) is 23.1 Å². The quantitative estimate of drug-likeness (QED) is 0.808. The number of benzene rings is 1. The summed E-state index contributed by atoms with van der Waals surface area (Å²) in [4.78, 5) is 28.1. The highest BCUT2D eigenvalue weighted by Crippen LogP contribution is 2.25. The van der Waals surface area contributed by atoms with Gasteiger partial charge in [-0.25, -0.2) is 9.97 Å². The molecule has 148 valence electrons. The number of anilines is 2. The molecule has 2 aliphatic rings. The lowest BCUT2D eigenvalue weighted by Gasteiger charge is -2.39. The Labute approximate surface area is 165 Å². The van der Waals surface area contributed by atoms with Gasteiger partial charge in [-0.15, -0.1) is 0 Å². The Bertz CT molecular complexity index is 784. The average molecular weight is 381 g/mol. The molecule has 0 bridgehead atoms. The number of carbonyl (C=O) groups is 1. The molecule has 0 N–H and O–H groups in total. The van der Waals surface area contributed by atoms with E-state index in [2.05, 4.69) is 31.9 Å². The van der Waals surface area contributed by atoms with Gasteiger partial charge in [-0.1, -0.05) is 6.07 Å². The second kappa shape index (κ2) is 8.46. The van der Waals surface area contributed by atoms with Crippen LogP contribution in [0.1, 0.15) is 12.8 Å². The number of rotatable bonds is 4. The number of aromatic nitrogens is 2.